The Hall–Kier alpha value is -1.23. The van der Waals surface area contributed by atoms with E-state index in [1.165, 1.54) is 29.0 Å². The highest BCUT2D eigenvalue weighted by Crippen LogP contribution is 2.28. The Balaban J connectivity index is 1.56. The molecule has 1 aromatic heterocycles. The Bertz CT molecular complexity index is 560. The molecule has 0 radical (unpaired) electrons. The lowest BCUT2D eigenvalue weighted by atomic mass is 10.1. The van der Waals surface area contributed by atoms with Gasteiger partial charge in [0.25, 0.3) is 0 Å². The quantitative estimate of drug-likeness (QED) is 0.810. The number of hydrogen-bond acceptors (Lipinski definition) is 4. The van der Waals surface area contributed by atoms with Gasteiger partial charge in [0.1, 0.15) is 5.01 Å². The predicted octanol–water partition coefficient (Wildman–Crippen LogP) is 3.50. The maximum atomic E-state index is 5.11. The lowest BCUT2D eigenvalue weighted by Crippen LogP contribution is -2.15. The van der Waals surface area contributed by atoms with Gasteiger partial charge in [-0.05, 0) is 37.3 Å². The van der Waals surface area contributed by atoms with Crippen LogP contribution in [0.1, 0.15) is 23.4 Å². The molecule has 0 bridgehead atoms. The van der Waals surface area contributed by atoms with Gasteiger partial charge < -0.3 is 10.1 Å². The first-order valence-electron chi connectivity index (χ1n) is 7.58. The molecule has 0 saturated heterocycles. The largest absolute Gasteiger partial charge is 0.384 e. The molecule has 0 amide bonds. The fourth-order valence-electron chi connectivity index (χ4n) is 2.29. The Morgan fingerprint density at radius 2 is 2.10 bits per heavy atom. The fourth-order valence-corrected chi connectivity index (χ4v) is 3.06. The Labute approximate surface area is 130 Å². The molecule has 1 heterocycles. The molecule has 2 aromatic rings. The number of hydrogen-bond donors (Lipinski definition) is 1. The number of nitrogens with one attached hydrogen (secondary N) is 1. The molecule has 3 rings (SSSR count). The normalized spacial score (nSPS) is 14.5. The van der Waals surface area contributed by atoms with Crippen LogP contribution in [0.5, 0.6) is 0 Å². The summed E-state index contributed by atoms with van der Waals surface area (Å²) in [5.41, 5.74) is 3.59. The SMILES string of the molecule is COCCc1ccc(-c2csc(CNCC3CC3)n2)cc1. The summed E-state index contributed by atoms with van der Waals surface area (Å²) >= 11 is 1.74. The minimum Gasteiger partial charge on any atom is -0.384 e. The van der Waals surface area contributed by atoms with Crippen molar-refractivity contribution in [3.05, 3.63) is 40.2 Å². The molecule has 21 heavy (non-hydrogen) atoms. The summed E-state index contributed by atoms with van der Waals surface area (Å²) in [7, 11) is 1.74. The molecule has 0 aliphatic heterocycles. The standard InChI is InChI=1S/C17H22N2OS/c1-20-9-8-13-4-6-15(7-5-13)16-12-21-17(19-16)11-18-10-14-2-3-14/h4-7,12,14,18H,2-3,8-11H2,1H3. The molecule has 0 unspecified atom stereocenters. The van der Waals surface area contributed by atoms with Crippen molar-refractivity contribution in [1.82, 2.24) is 10.3 Å². The molecule has 1 aliphatic rings. The molecule has 4 heteroatoms. The molecule has 1 aliphatic carbocycles. The number of benzene rings is 1. The fraction of sp³-hybridized carbons (Fsp3) is 0.471. The number of rotatable bonds is 8. The first-order valence-corrected chi connectivity index (χ1v) is 8.46. The van der Waals surface area contributed by atoms with Gasteiger partial charge in [0, 0.05) is 24.6 Å². The molecular weight excluding hydrogens is 280 g/mol. The summed E-state index contributed by atoms with van der Waals surface area (Å²) in [5.74, 6) is 0.920. The number of ether oxygens (including phenoxy) is 1. The van der Waals surface area contributed by atoms with Gasteiger partial charge in [0.15, 0.2) is 0 Å². The van der Waals surface area contributed by atoms with Gasteiger partial charge in [-0.2, -0.15) is 0 Å². The van der Waals surface area contributed by atoms with Crippen LogP contribution in [0, 0.1) is 5.92 Å². The maximum absolute atomic E-state index is 5.11. The average molecular weight is 302 g/mol. The van der Waals surface area contributed by atoms with E-state index in [0.29, 0.717) is 0 Å². The van der Waals surface area contributed by atoms with Gasteiger partial charge in [0.2, 0.25) is 0 Å². The summed E-state index contributed by atoms with van der Waals surface area (Å²) in [6.07, 6.45) is 3.75. The summed E-state index contributed by atoms with van der Waals surface area (Å²) in [6.45, 7) is 2.81. The van der Waals surface area contributed by atoms with Crippen molar-refractivity contribution in [2.45, 2.75) is 25.8 Å². The van der Waals surface area contributed by atoms with E-state index in [1.807, 2.05) is 0 Å². The van der Waals surface area contributed by atoms with E-state index in [0.717, 1.165) is 37.7 Å². The summed E-state index contributed by atoms with van der Waals surface area (Å²) in [4.78, 5) is 4.72. The average Bonchev–Trinajstić information content (AvgIpc) is 3.22. The molecular formula is C17H22N2OS. The van der Waals surface area contributed by atoms with Gasteiger partial charge in [0.05, 0.1) is 12.3 Å². The number of nitrogens with zero attached hydrogens (tertiary/aromatic N) is 1. The smallest absolute Gasteiger partial charge is 0.107 e. The second kappa shape index (κ2) is 7.16. The Morgan fingerprint density at radius 3 is 2.81 bits per heavy atom. The second-order valence-corrected chi connectivity index (χ2v) is 6.58. The number of aromatic nitrogens is 1. The number of methoxy groups -OCH3 is 1. The van der Waals surface area contributed by atoms with E-state index in [-0.39, 0.29) is 0 Å². The van der Waals surface area contributed by atoms with Crippen molar-refractivity contribution in [3.63, 3.8) is 0 Å². The summed E-state index contributed by atoms with van der Waals surface area (Å²) in [5, 5.41) is 6.82. The van der Waals surface area contributed by atoms with E-state index >= 15 is 0 Å². The van der Waals surface area contributed by atoms with Crippen LogP contribution in [-0.2, 0) is 17.7 Å². The van der Waals surface area contributed by atoms with Gasteiger partial charge in [-0.25, -0.2) is 4.98 Å². The van der Waals surface area contributed by atoms with E-state index in [1.54, 1.807) is 18.4 Å². The Morgan fingerprint density at radius 1 is 1.29 bits per heavy atom. The molecule has 1 N–H and O–H groups in total. The van der Waals surface area contributed by atoms with Crippen LogP contribution in [0.25, 0.3) is 11.3 Å². The highest BCUT2D eigenvalue weighted by atomic mass is 32.1. The van der Waals surface area contributed by atoms with Crippen LogP contribution in [0.4, 0.5) is 0 Å². The molecule has 1 aromatic carbocycles. The predicted molar refractivity (Wildman–Crippen MR) is 87.6 cm³/mol. The minimum atomic E-state index is 0.771. The van der Waals surface area contributed by atoms with Crippen molar-refractivity contribution in [1.29, 1.82) is 0 Å². The molecule has 0 spiro atoms. The van der Waals surface area contributed by atoms with Crippen LogP contribution in [0.3, 0.4) is 0 Å². The van der Waals surface area contributed by atoms with E-state index < -0.39 is 0 Å². The van der Waals surface area contributed by atoms with Gasteiger partial charge in [-0.1, -0.05) is 24.3 Å². The molecule has 112 valence electrons. The minimum absolute atomic E-state index is 0.771. The van der Waals surface area contributed by atoms with Crippen molar-refractivity contribution in [2.24, 2.45) is 5.92 Å². The third-order valence-corrected chi connectivity index (χ3v) is 4.65. The first kappa shape index (κ1) is 14.7. The maximum Gasteiger partial charge on any atom is 0.107 e. The molecule has 0 atom stereocenters. The molecule has 1 fully saturated rings. The lowest BCUT2D eigenvalue weighted by Gasteiger charge is -2.02. The van der Waals surface area contributed by atoms with Gasteiger partial charge in [-0.15, -0.1) is 11.3 Å². The Kier molecular flexibility index (Phi) is 5.01. The summed E-state index contributed by atoms with van der Waals surface area (Å²) in [6, 6.07) is 8.64. The van der Waals surface area contributed by atoms with Crippen LogP contribution in [0.15, 0.2) is 29.6 Å². The van der Waals surface area contributed by atoms with Crippen molar-refractivity contribution in [3.8, 4) is 11.3 Å². The van der Waals surface area contributed by atoms with Crippen LogP contribution in [0.2, 0.25) is 0 Å². The van der Waals surface area contributed by atoms with Crippen molar-refractivity contribution in [2.75, 3.05) is 20.3 Å². The van der Waals surface area contributed by atoms with Crippen molar-refractivity contribution >= 4 is 11.3 Å². The second-order valence-electron chi connectivity index (χ2n) is 5.64. The van der Waals surface area contributed by atoms with E-state index in [2.05, 4.69) is 35.0 Å². The first-order chi connectivity index (χ1) is 10.3. The van der Waals surface area contributed by atoms with E-state index in [9.17, 15) is 0 Å². The lowest BCUT2D eigenvalue weighted by molar-refractivity contribution is 0.202. The highest BCUT2D eigenvalue weighted by Gasteiger charge is 2.20. The third-order valence-electron chi connectivity index (χ3n) is 3.80. The van der Waals surface area contributed by atoms with Crippen LogP contribution in [-0.4, -0.2) is 25.2 Å². The third kappa shape index (κ3) is 4.37. The van der Waals surface area contributed by atoms with Crippen molar-refractivity contribution < 1.29 is 4.74 Å². The summed E-state index contributed by atoms with van der Waals surface area (Å²) < 4.78 is 5.11. The zero-order valence-electron chi connectivity index (χ0n) is 12.5. The molecule has 1 saturated carbocycles. The molecule has 3 nitrogen and oxygen atoms in total. The monoisotopic (exact) mass is 302 g/mol. The van der Waals surface area contributed by atoms with Crippen LogP contribution < -0.4 is 5.32 Å². The highest BCUT2D eigenvalue weighted by molar-refractivity contribution is 7.09. The van der Waals surface area contributed by atoms with E-state index in [4.69, 9.17) is 9.72 Å². The van der Waals surface area contributed by atoms with Gasteiger partial charge >= 0.3 is 0 Å². The van der Waals surface area contributed by atoms with Crippen LogP contribution >= 0.6 is 11.3 Å². The number of thiazole rings is 1. The van der Waals surface area contributed by atoms with Gasteiger partial charge in [-0.3, -0.25) is 0 Å². The zero-order valence-corrected chi connectivity index (χ0v) is 13.3. The topological polar surface area (TPSA) is 34.1 Å². The zero-order chi connectivity index (χ0) is 14.5.